The summed E-state index contributed by atoms with van der Waals surface area (Å²) < 4.78 is 17.2. The molecule has 1 aliphatic heterocycles. The monoisotopic (exact) mass is 294 g/mol. The van der Waals surface area contributed by atoms with Crippen LogP contribution in [0, 0.1) is 0 Å². The molecular formula is C17H28NO3+. The number of ether oxygens (including phenoxy) is 3. The fourth-order valence-corrected chi connectivity index (χ4v) is 2.79. The molecule has 4 nitrogen and oxygen atoms in total. The van der Waals surface area contributed by atoms with E-state index in [1.807, 2.05) is 38.1 Å². The second kappa shape index (κ2) is 7.66. The average Bonchev–Trinajstić information content (AvgIpc) is 2.39. The summed E-state index contributed by atoms with van der Waals surface area (Å²) in [4.78, 5) is 1.56. The van der Waals surface area contributed by atoms with E-state index in [-0.39, 0.29) is 6.10 Å². The van der Waals surface area contributed by atoms with Crippen LogP contribution in [-0.4, -0.2) is 44.6 Å². The topological polar surface area (TPSA) is 32.1 Å². The molecule has 1 heterocycles. The predicted molar refractivity (Wildman–Crippen MR) is 83.3 cm³/mol. The van der Waals surface area contributed by atoms with Crippen molar-refractivity contribution in [3.8, 4) is 11.5 Å². The lowest BCUT2D eigenvalue weighted by Gasteiger charge is -2.32. The number of benzene rings is 1. The number of quaternary nitrogens is 1. The van der Waals surface area contributed by atoms with Crippen molar-refractivity contribution >= 4 is 0 Å². The number of rotatable bonds is 6. The van der Waals surface area contributed by atoms with Gasteiger partial charge in [0.15, 0.2) is 0 Å². The Kier molecular flexibility index (Phi) is 5.88. The van der Waals surface area contributed by atoms with E-state index < -0.39 is 0 Å². The highest BCUT2D eigenvalue weighted by atomic mass is 16.5. The lowest BCUT2D eigenvalue weighted by Crippen LogP contribution is -3.16. The smallest absolute Gasteiger partial charge is 0.137 e. The maximum atomic E-state index is 5.82. The third-order valence-electron chi connectivity index (χ3n) is 3.54. The molecule has 0 aliphatic carbocycles. The van der Waals surface area contributed by atoms with Crippen LogP contribution in [0.25, 0.3) is 0 Å². The molecule has 0 amide bonds. The van der Waals surface area contributed by atoms with Crippen molar-refractivity contribution < 1.29 is 19.1 Å². The first-order valence-electron chi connectivity index (χ1n) is 7.91. The minimum atomic E-state index is 0.200. The van der Waals surface area contributed by atoms with Gasteiger partial charge < -0.3 is 19.1 Å². The molecule has 1 N–H and O–H groups in total. The van der Waals surface area contributed by atoms with Crippen LogP contribution in [0.4, 0.5) is 0 Å². The Bertz CT molecular complexity index is 409. The fraction of sp³-hybridized carbons (Fsp3) is 0.647. The average molecular weight is 294 g/mol. The number of morpholine rings is 1. The first-order chi connectivity index (χ1) is 10.0. The molecule has 1 fully saturated rings. The molecule has 2 rings (SSSR count). The van der Waals surface area contributed by atoms with Crippen LogP contribution in [0.15, 0.2) is 24.3 Å². The molecule has 0 radical (unpaired) electrons. The SMILES string of the molecule is CC(C)Oc1ccc(OCC[NH+]2C[C@@H](C)O[C@@H](C)C2)cc1. The molecule has 1 saturated heterocycles. The molecule has 1 aromatic rings. The van der Waals surface area contributed by atoms with E-state index in [1.54, 1.807) is 4.90 Å². The van der Waals surface area contributed by atoms with Gasteiger partial charge in [-0.15, -0.1) is 0 Å². The standard InChI is InChI=1S/C17H27NO3/c1-13(2)20-17-7-5-16(6-8-17)19-10-9-18-11-14(3)21-15(4)12-18/h5-8,13-15H,9-12H2,1-4H3/p+1/t14-,15+. The van der Waals surface area contributed by atoms with Gasteiger partial charge in [0.2, 0.25) is 0 Å². The quantitative estimate of drug-likeness (QED) is 0.864. The normalized spacial score (nSPS) is 25.9. The van der Waals surface area contributed by atoms with Gasteiger partial charge in [0.1, 0.15) is 49.9 Å². The van der Waals surface area contributed by atoms with Gasteiger partial charge in [0.05, 0.1) is 6.10 Å². The zero-order valence-corrected chi connectivity index (χ0v) is 13.6. The third-order valence-corrected chi connectivity index (χ3v) is 3.54. The minimum Gasteiger partial charge on any atom is -0.491 e. The highest BCUT2D eigenvalue weighted by Gasteiger charge is 2.25. The Morgan fingerprint density at radius 1 is 1.10 bits per heavy atom. The van der Waals surface area contributed by atoms with Gasteiger partial charge in [-0.1, -0.05) is 0 Å². The first kappa shape index (κ1) is 16.1. The highest BCUT2D eigenvalue weighted by Crippen LogP contribution is 2.18. The molecule has 0 aromatic heterocycles. The Morgan fingerprint density at radius 3 is 2.24 bits per heavy atom. The molecule has 0 bridgehead atoms. The number of hydrogen-bond acceptors (Lipinski definition) is 3. The van der Waals surface area contributed by atoms with Gasteiger partial charge >= 0.3 is 0 Å². The van der Waals surface area contributed by atoms with Crippen molar-refractivity contribution in [1.82, 2.24) is 0 Å². The molecule has 21 heavy (non-hydrogen) atoms. The minimum absolute atomic E-state index is 0.200. The van der Waals surface area contributed by atoms with E-state index in [9.17, 15) is 0 Å². The van der Waals surface area contributed by atoms with E-state index in [1.165, 1.54) is 0 Å². The molecular weight excluding hydrogens is 266 g/mol. The van der Waals surface area contributed by atoms with Gasteiger partial charge in [-0.3, -0.25) is 0 Å². The summed E-state index contributed by atoms with van der Waals surface area (Å²) in [5, 5.41) is 0. The number of hydrogen-bond donors (Lipinski definition) is 1. The second-order valence-corrected chi connectivity index (χ2v) is 6.15. The highest BCUT2D eigenvalue weighted by molar-refractivity contribution is 5.31. The van der Waals surface area contributed by atoms with Crippen LogP contribution in [0.2, 0.25) is 0 Å². The summed E-state index contributed by atoms with van der Waals surface area (Å²) in [6.07, 6.45) is 0.887. The molecule has 4 heteroatoms. The van der Waals surface area contributed by atoms with Crippen LogP contribution in [0.5, 0.6) is 11.5 Å². The second-order valence-electron chi connectivity index (χ2n) is 6.15. The Balaban J connectivity index is 1.73. The van der Waals surface area contributed by atoms with Crippen LogP contribution < -0.4 is 14.4 Å². The third kappa shape index (κ3) is 5.56. The Morgan fingerprint density at radius 2 is 1.67 bits per heavy atom. The Labute approximate surface area is 128 Å². The maximum Gasteiger partial charge on any atom is 0.137 e. The van der Waals surface area contributed by atoms with Crippen molar-refractivity contribution in [2.24, 2.45) is 0 Å². The molecule has 0 saturated carbocycles. The molecule has 1 aliphatic rings. The van der Waals surface area contributed by atoms with Crippen molar-refractivity contribution in [2.75, 3.05) is 26.2 Å². The summed E-state index contributed by atoms with van der Waals surface area (Å²) >= 11 is 0. The van der Waals surface area contributed by atoms with Crippen molar-refractivity contribution in [3.63, 3.8) is 0 Å². The van der Waals surface area contributed by atoms with Crippen molar-refractivity contribution in [1.29, 1.82) is 0 Å². The lowest BCUT2D eigenvalue weighted by molar-refractivity contribution is -0.915. The molecule has 118 valence electrons. The van der Waals surface area contributed by atoms with E-state index >= 15 is 0 Å². The summed E-state index contributed by atoms with van der Waals surface area (Å²) in [7, 11) is 0. The van der Waals surface area contributed by atoms with E-state index in [2.05, 4.69) is 13.8 Å². The fourth-order valence-electron chi connectivity index (χ4n) is 2.79. The van der Waals surface area contributed by atoms with E-state index in [0.29, 0.717) is 12.2 Å². The summed E-state index contributed by atoms with van der Waals surface area (Å²) in [5.41, 5.74) is 0. The molecule has 1 aromatic carbocycles. The lowest BCUT2D eigenvalue weighted by atomic mass is 10.2. The zero-order chi connectivity index (χ0) is 15.2. The van der Waals surface area contributed by atoms with Gasteiger partial charge in [-0.05, 0) is 52.0 Å². The predicted octanol–water partition coefficient (Wildman–Crippen LogP) is 1.54. The largest absolute Gasteiger partial charge is 0.491 e. The summed E-state index contributed by atoms with van der Waals surface area (Å²) in [6, 6.07) is 7.86. The van der Waals surface area contributed by atoms with Crippen molar-refractivity contribution in [3.05, 3.63) is 24.3 Å². The van der Waals surface area contributed by atoms with Crippen LogP contribution >= 0.6 is 0 Å². The van der Waals surface area contributed by atoms with E-state index in [4.69, 9.17) is 14.2 Å². The molecule has 3 atom stereocenters. The first-order valence-corrected chi connectivity index (χ1v) is 7.91. The van der Waals surface area contributed by atoms with Gasteiger partial charge in [0.25, 0.3) is 0 Å². The van der Waals surface area contributed by atoms with Crippen molar-refractivity contribution in [2.45, 2.75) is 46.0 Å². The van der Waals surface area contributed by atoms with Crippen LogP contribution in [-0.2, 0) is 4.74 Å². The number of nitrogens with one attached hydrogen (secondary N) is 1. The zero-order valence-electron chi connectivity index (χ0n) is 13.6. The molecule has 1 unspecified atom stereocenters. The maximum absolute atomic E-state index is 5.82. The van der Waals surface area contributed by atoms with Gasteiger partial charge in [-0.2, -0.15) is 0 Å². The molecule has 0 spiro atoms. The Hall–Kier alpha value is -1.26. The van der Waals surface area contributed by atoms with Gasteiger partial charge in [-0.25, -0.2) is 0 Å². The van der Waals surface area contributed by atoms with Crippen LogP contribution in [0.1, 0.15) is 27.7 Å². The summed E-state index contributed by atoms with van der Waals surface area (Å²) in [5.74, 6) is 1.79. The summed E-state index contributed by atoms with van der Waals surface area (Å²) in [6.45, 7) is 12.2. The van der Waals surface area contributed by atoms with Crippen LogP contribution in [0.3, 0.4) is 0 Å². The van der Waals surface area contributed by atoms with E-state index in [0.717, 1.165) is 37.7 Å². The van der Waals surface area contributed by atoms with Gasteiger partial charge in [0, 0.05) is 0 Å².